The topological polar surface area (TPSA) is 52.6 Å². The molecule has 0 saturated carbocycles. The van der Waals surface area contributed by atoms with Crippen LogP contribution in [0.1, 0.15) is 20.7 Å². The van der Waals surface area contributed by atoms with Crippen molar-refractivity contribution < 1.29 is 19.1 Å². The predicted octanol–water partition coefficient (Wildman–Crippen LogP) is 3.58. The van der Waals surface area contributed by atoms with Crippen molar-refractivity contribution in [1.82, 2.24) is 0 Å². The number of carbonyl (C=O) groups is 2. The van der Waals surface area contributed by atoms with Crippen LogP contribution >= 0.6 is 11.6 Å². The molecule has 0 heterocycles. The van der Waals surface area contributed by atoms with Gasteiger partial charge in [-0.25, -0.2) is 9.59 Å². The second-order valence-electron chi connectivity index (χ2n) is 4.26. The van der Waals surface area contributed by atoms with E-state index >= 15 is 0 Å². The lowest BCUT2D eigenvalue weighted by Gasteiger charge is -2.07. The number of methoxy groups -OCH3 is 2. The molecule has 0 spiro atoms. The summed E-state index contributed by atoms with van der Waals surface area (Å²) in [6, 6.07) is 12.0. The van der Waals surface area contributed by atoms with Gasteiger partial charge >= 0.3 is 11.9 Å². The maximum Gasteiger partial charge on any atom is 0.339 e. The van der Waals surface area contributed by atoms with Crippen LogP contribution in [-0.4, -0.2) is 26.2 Å². The van der Waals surface area contributed by atoms with Gasteiger partial charge in [0, 0.05) is 0 Å². The van der Waals surface area contributed by atoms with Gasteiger partial charge in [-0.1, -0.05) is 29.8 Å². The molecular weight excluding hydrogens is 292 g/mol. The molecule has 108 valence electrons. The molecule has 2 aromatic carbocycles. The van der Waals surface area contributed by atoms with Crippen molar-refractivity contribution in [1.29, 1.82) is 0 Å². The normalized spacial score (nSPS) is 10.0. The fraction of sp³-hybridized carbons (Fsp3) is 0.125. The van der Waals surface area contributed by atoms with Gasteiger partial charge in [0.1, 0.15) is 0 Å². The summed E-state index contributed by atoms with van der Waals surface area (Å²) >= 11 is 5.98. The molecule has 0 radical (unpaired) electrons. The monoisotopic (exact) mass is 304 g/mol. The molecule has 0 unspecified atom stereocenters. The number of rotatable bonds is 3. The highest BCUT2D eigenvalue weighted by Crippen LogP contribution is 2.26. The maximum atomic E-state index is 11.6. The Balaban J connectivity index is 2.38. The SMILES string of the molecule is COC(=O)c1ccc(-c2ccc(Cl)c(C(=O)OC)c2)cc1. The first-order valence-corrected chi connectivity index (χ1v) is 6.51. The number of hydrogen-bond acceptors (Lipinski definition) is 4. The molecular formula is C16H13ClO4. The highest BCUT2D eigenvalue weighted by Gasteiger charge is 2.12. The lowest BCUT2D eigenvalue weighted by atomic mass is 10.0. The van der Waals surface area contributed by atoms with Gasteiger partial charge in [-0.2, -0.15) is 0 Å². The second-order valence-corrected chi connectivity index (χ2v) is 4.66. The number of benzene rings is 2. The van der Waals surface area contributed by atoms with Crippen molar-refractivity contribution in [3.8, 4) is 11.1 Å². The van der Waals surface area contributed by atoms with Crippen LogP contribution in [0, 0.1) is 0 Å². The van der Waals surface area contributed by atoms with Gasteiger partial charge in [0.15, 0.2) is 0 Å². The van der Waals surface area contributed by atoms with Crippen LogP contribution in [0.5, 0.6) is 0 Å². The summed E-state index contributed by atoms with van der Waals surface area (Å²) < 4.78 is 9.33. The fourth-order valence-electron chi connectivity index (χ4n) is 1.89. The summed E-state index contributed by atoms with van der Waals surface area (Å²) in [4.78, 5) is 23.0. The molecule has 0 N–H and O–H groups in total. The smallest absolute Gasteiger partial charge is 0.339 e. The molecule has 21 heavy (non-hydrogen) atoms. The van der Waals surface area contributed by atoms with Crippen LogP contribution in [-0.2, 0) is 9.47 Å². The number of halogens is 1. The van der Waals surface area contributed by atoms with Gasteiger partial charge in [0.25, 0.3) is 0 Å². The summed E-state index contributed by atoms with van der Waals surface area (Å²) in [5.41, 5.74) is 2.41. The van der Waals surface area contributed by atoms with E-state index in [1.807, 2.05) is 0 Å². The molecule has 0 atom stereocenters. The standard InChI is InChI=1S/C16H13ClO4/c1-20-15(18)11-5-3-10(4-6-11)12-7-8-14(17)13(9-12)16(19)21-2/h3-9H,1-2H3. The van der Waals surface area contributed by atoms with Gasteiger partial charge in [0.05, 0.1) is 30.4 Å². The van der Waals surface area contributed by atoms with E-state index in [4.69, 9.17) is 11.6 Å². The van der Waals surface area contributed by atoms with E-state index in [0.29, 0.717) is 16.1 Å². The molecule has 0 aliphatic carbocycles. The Kier molecular flexibility index (Phi) is 4.60. The number of ether oxygens (including phenoxy) is 2. The minimum Gasteiger partial charge on any atom is -0.465 e. The number of carbonyl (C=O) groups excluding carboxylic acids is 2. The molecule has 5 heteroatoms. The molecule has 0 aliphatic heterocycles. The Bertz CT molecular complexity index is 677. The van der Waals surface area contributed by atoms with Gasteiger partial charge in [-0.15, -0.1) is 0 Å². The Labute approximate surface area is 127 Å². The first kappa shape index (κ1) is 15.1. The molecule has 2 aromatic rings. The molecule has 0 aromatic heterocycles. The third-order valence-electron chi connectivity index (χ3n) is 3.01. The van der Waals surface area contributed by atoms with Gasteiger partial charge in [-0.05, 0) is 35.4 Å². The quantitative estimate of drug-likeness (QED) is 0.813. The fourth-order valence-corrected chi connectivity index (χ4v) is 2.08. The zero-order valence-corrected chi connectivity index (χ0v) is 12.3. The lowest BCUT2D eigenvalue weighted by Crippen LogP contribution is -2.02. The Hall–Kier alpha value is -2.33. The third kappa shape index (κ3) is 3.23. The van der Waals surface area contributed by atoms with E-state index in [9.17, 15) is 9.59 Å². The minimum absolute atomic E-state index is 0.300. The maximum absolute atomic E-state index is 11.6. The molecule has 2 rings (SSSR count). The van der Waals surface area contributed by atoms with E-state index in [1.54, 1.807) is 42.5 Å². The van der Waals surface area contributed by atoms with Crippen LogP contribution in [0.3, 0.4) is 0 Å². The lowest BCUT2D eigenvalue weighted by molar-refractivity contribution is 0.0592. The first-order valence-electron chi connectivity index (χ1n) is 6.13. The summed E-state index contributed by atoms with van der Waals surface area (Å²) in [7, 11) is 2.63. The molecule has 0 fully saturated rings. The highest BCUT2D eigenvalue weighted by atomic mass is 35.5. The zero-order valence-electron chi connectivity index (χ0n) is 11.6. The zero-order chi connectivity index (χ0) is 15.4. The average Bonchev–Trinajstić information content (AvgIpc) is 2.54. The van der Waals surface area contributed by atoms with E-state index in [1.165, 1.54) is 14.2 Å². The van der Waals surface area contributed by atoms with Crippen molar-refractivity contribution in [2.24, 2.45) is 0 Å². The van der Waals surface area contributed by atoms with Crippen LogP contribution in [0.15, 0.2) is 42.5 Å². The van der Waals surface area contributed by atoms with Crippen molar-refractivity contribution >= 4 is 23.5 Å². The van der Waals surface area contributed by atoms with Crippen molar-refractivity contribution in [3.05, 3.63) is 58.6 Å². The summed E-state index contributed by atoms with van der Waals surface area (Å²) in [5, 5.41) is 0.330. The van der Waals surface area contributed by atoms with Crippen molar-refractivity contribution in [2.45, 2.75) is 0 Å². The van der Waals surface area contributed by atoms with E-state index in [-0.39, 0.29) is 0 Å². The van der Waals surface area contributed by atoms with E-state index in [0.717, 1.165) is 11.1 Å². The number of hydrogen-bond donors (Lipinski definition) is 0. The molecule has 0 saturated heterocycles. The largest absolute Gasteiger partial charge is 0.465 e. The van der Waals surface area contributed by atoms with E-state index in [2.05, 4.69) is 9.47 Å². The summed E-state index contributed by atoms with van der Waals surface area (Å²) in [6.45, 7) is 0. The van der Waals surface area contributed by atoms with Crippen LogP contribution in [0.2, 0.25) is 5.02 Å². The minimum atomic E-state index is -0.493. The molecule has 0 bridgehead atoms. The van der Waals surface area contributed by atoms with Crippen molar-refractivity contribution in [2.75, 3.05) is 14.2 Å². The molecule has 4 nitrogen and oxygen atoms in total. The average molecular weight is 305 g/mol. The third-order valence-corrected chi connectivity index (χ3v) is 3.34. The molecule has 0 amide bonds. The van der Waals surface area contributed by atoms with Gasteiger partial charge in [-0.3, -0.25) is 0 Å². The van der Waals surface area contributed by atoms with Gasteiger partial charge < -0.3 is 9.47 Å². The highest BCUT2D eigenvalue weighted by molar-refractivity contribution is 6.33. The van der Waals surface area contributed by atoms with Crippen molar-refractivity contribution in [3.63, 3.8) is 0 Å². The second kappa shape index (κ2) is 6.41. The Morgan fingerprint density at radius 1 is 0.857 bits per heavy atom. The van der Waals surface area contributed by atoms with E-state index < -0.39 is 11.9 Å². The van der Waals surface area contributed by atoms with Crippen LogP contribution in [0.4, 0.5) is 0 Å². The first-order chi connectivity index (χ1) is 10.1. The summed E-state index contributed by atoms with van der Waals surface area (Å²) in [6.07, 6.45) is 0. The van der Waals surface area contributed by atoms with Crippen LogP contribution in [0.25, 0.3) is 11.1 Å². The Morgan fingerprint density at radius 2 is 1.43 bits per heavy atom. The van der Waals surface area contributed by atoms with Gasteiger partial charge in [0.2, 0.25) is 0 Å². The van der Waals surface area contributed by atoms with Crippen LogP contribution < -0.4 is 0 Å². The molecule has 0 aliphatic rings. The Morgan fingerprint density at radius 3 is 2.00 bits per heavy atom. The summed E-state index contributed by atoms with van der Waals surface area (Å²) in [5.74, 6) is -0.888. The predicted molar refractivity (Wildman–Crippen MR) is 79.6 cm³/mol. The number of esters is 2.